The zero-order valence-electron chi connectivity index (χ0n) is 21.2. The number of ether oxygens (including phenoxy) is 2. The van der Waals surface area contributed by atoms with Crippen LogP contribution in [0.15, 0.2) is 72.1 Å². The molecule has 198 valence electrons. The quantitative estimate of drug-likeness (QED) is 0.254. The third kappa shape index (κ3) is 7.60. The fourth-order valence-corrected chi connectivity index (χ4v) is 4.81. The Kier molecular flexibility index (Phi) is 9.40. The van der Waals surface area contributed by atoms with Gasteiger partial charge in [-0.05, 0) is 59.5 Å². The Morgan fingerprint density at radius 1 is 0.842 bits per heavy atom. The van der Waals surface area contributed by atoms with E-state index in [1.807, 2.05) is 18.2 Å². The molecular weight excluding hydrogens is 508 g/mol. The number of rotatable bonds is 12. The Hall–Kier alpha value is -3.82. The molecule has 9 heteroatoms. The summed E-state index contributed by atoms with van der Waals surface area (Å²) < 4.78 is 37.4. The van der Waals surface area contributed by atoms with E-state index in [1.165, 1.54) is 35.6 Å². The lowest BCUT2D eigenvalue weighted by molar-refractivity contribution is 0.0949. The van der Waals surface area contributed by atoms with Crippen LogP contribution in [-0.2, 0) is 26.1 Å². The number of nitrogens with zero attached hydrogens (tertiary/aromatic N) is 2. The van der Waals surface area contributed by atoms with Gasteiger partial charge in [0, 0.05) is 25.0 Å². The molecule has 38 heavy (non-hydrogen) atoms. The fourth-order valence-electron chi connectivity index (χ4n) is 3.99. The highest BCUT2D eigenvalue weighted by Gasteiger charge is 2.15. The van der Waals surface area contributed by atoms with Crippen molar-refractivity contribution in [3.05, 3.63) is 111 Å². The Morgan fingerprint density at radius 3 is 2.00 bits per heavy atom. The second-order valence-corrected chi connectivity index (χ2v) is 9.66. The highest BCUT2D eigenvalue weighted by Crippen LogP contribution is 2.27. The number of halogens is 2. The van der Waals surface area contributed by atoms with Gasteiger partial charge in [0.15, 0.2) is 11.5 Å². The molecule has 0 unspecified atom stereocenters. The van der Waals surface area contributed by atoms with E-state index in [9.17, 15) is 13.6 Å². The van der Waals surface area contributed by atoms with Crippen LogP contribution in [0.5, 0.6) is 11.5 Å². The van der Waals surface area contributed by atoms with E-state index >= 15 is 0 Å². The van der Waals surface area contributed by atoms with Crippen LogP contribution in [0, 0.1) is 11.6 Å². The second kappa shape index (κ2) is 13.1. The minimum Gasteiger partial charge on any atom is -0.493 e. The summed E-state index contributed by atoms with van der Waals surface area (Å²) in [5.74, 6) is 0.479. The van der Waals surface area contributed by atoms with Crippen molar-refractivity contribution in [2.24, 2.45) is 0 Å². The summed E-state index contributed by atoms with van der Waals surface area (Å²) in [6.45, 7) is 2.02. The lowest BCUT2D eigenvalue weighted by atomic mass is 10.1. The van der Waals surface area contributed by atoms with Gasteiger partial charge in [-0.1, -0.05) is 30.3 Å². The molecule has 1 heterocycles. The predicted octanol–water partition coefficient (Wildman–Crippen LogP) is 5.61. The molecular formula is C29H29F2N3O3S. The van der Waals surface area contributed by atoms with Crippen molar-refractivity contribution in [1.29, 1.82) is 0 Å². The van der Waals surface area contributed by atoms with Gasteiger partial charge in [-0.2, -0.15) is 0 Å². The predicted molar refractivity (Wildman–Crippen MR) is 143 cm³/mol. The fraction of sp³-hybridized carbons (Fsp3) is 0.241. The zero-order valence-corrected chi connectivity index (χ0v) is 22.1. The largest absolute Gasteiger partial charge is 0.493 e. The third-order valence-electron chi connectivity index (χ3n) is 5.93. The first-order valence-corrected chi connectivity index (χ1v) is 13.0. The number of thiazole rings is 1. The van der Waals surface area contributed by atoms with Crippen molar-refractivity contribution in [1.82, 2.24) is 15.2 Å². The van der Waals surface area contributed by atoms with Gasteiger partial charge in [0.2, 0.25) is 0 Å². The number of benzene rings is 3. The number of aromatic nitrogens is 1. The number of carbonyl (C=O) groups is 1. The van der Waals surface area contributed by atoms with Crippen LogP contribution in [0.2, 0.25) is 0 Å². The number of carbonyl (C=O) groups excluding carboxylic acids is 1. The maximum Gasteiger partial charge on any atom is 0.270 e. The van der Waals surface area contributed by atoms with Crippen molar-refractivity contribution in [2.75, 3.05) is 20.8 Å². The molecule has 0 saturated carbocycles. The van der Waals surface area contributed by atoms with E-state index in [2.05, 4.69) is 15.2 Å². The van der Waals surface area contributed by atoms with Crippen LogP contribution in [-0.4, -0.2) is 36.6 Å². The van der Waals surface area contributed by atoms with E-state index in [0.717, 1.165) is 21.7 Å². The molecule has 0 aliphatic rings. The van der Waals surface area contributed by atoms with Crippen molar-refractivity contribution in [3.63, 3.8) is 0 Å². The van der Waals surface area contributed by atoms with Gasteiger partial charge in [-0.15, -0.1) is 11.3 Å². The number of hydrogen-bond donors (Lipinski definition) is 1. The van der Waals surface area contributed by atoms with Crippen LogP contribution in [0.1, 0.15) is 32.2 Å². The maximum absolute atomic E-state index is 13.4. The van der Waals surface area contributed by atoms with Crippen LogP contribution >= 0.6 is 11.3 Å². The molecule has 4 aromatic rings. The van der Waals surface area contributed by atoms with Crippen LogP contribution in [0.4, 0.5) is 8.78 Å². The summed E-state index contributed by atoms with van der Waals surface area (Å²) in [6, 6.07) is 18.4. The smallest absolute Gasteiger partial charge is 0.270 e. The molecule has 1 N–H and O–H groups in total. The molecule has 4 rings (SSSR count). The molecule has 1 aromatic heterocycles. The summed E-state index contributed by atoms with van der Waals surface area (Å²) in [5.41, 5.74) is 3.26. The normalized spacial score (nSPS) is 11.0. The van der Waals surface area contributed by atoms with Gasteiger partial charge < -0.3 is 14.8 Å². The van der Waals surface area contributed by atoms with Crippen LogP contribution < -0.4 is 14.8 Å². The van der Waals surface area contributed by atoms with Crippen molar-refractivity contribution >= 4 is 17.2 Å². The monoisotopic (exact) mass is 537 g/mol. The van der Waals surface area contributed by atoms with Crippen molar-refractivity contribution < 1.29 is 23.0 Å². The van der Waals surface area contributed by atoms with Gasteiger partial charge in [0.05, 0.1) is 20.8 Å². The molecule has 0 aliphatic carbocycles. The molecule has 6 nitrogen and oxygen atoms in total. The molecule has 0 atom stereocenters. The first-order chi connectivity index (χ1) is 18.4. The van der Waals surface area contributed by atoms with Crippen molar-refractivity contribution in [2.45, 2.75) is 26.1 Å². The molecule has 0 fully saturated rings. The minimum absolute atomic E-state index is 0.239. The van der Waals surface area contributed by atoms with E-state index < -0.39 is 0 Å². The standard InChI is InChI=1S/C29H29F2N3O3S/c1-36-26-12-7-20(15-27(26)37-2)13-14-32-29(35)25-19-38-28(33-25)18-34(16-21-3-8-23(30)9-4-21)17-22-5-10-24(31)11-6-22/h3-12,15,19H,13-14,16-18H2,1-2H3,(H,32,35). The summed E-state index contributed by atoms with van der Waals surface area (Å²) >= 11 is 1.41. The SMILES string of the molecule is COc1ccc(CCNC(=O)c2csc(CN(Cc3ccc(F)cc3)Cc3ccc(F)cc3)n2)cc1OC. The lowest BCUT2D eigenvalue weighted by Gasteiger charge is -2.21. The molecule has 0 aliphatic heterocycles. The highest BCUT2D eigenvalue weighted by molar-refractivity contribution is 7.09. The Labute approximate surface area is 224 Å². The van der Waals surface area contributed by atoms with Gasteiger partial charge >= 0.3 is 0 Å². The van der Waals surface area contributed by atoms with Gasteiger partial charge in [-0.25, -0.2) is 13.8 Å². The van der Waals surface area contributed by atoms with Gasteiger partial charge in [0.25, 0.3) is 5.91 Å². The molecule has 1 amide bonds. The average Bonchev–Trinajstić information content (AvgIpc) is 3.39. The molecule has 0 radical (unpaired) electrons. The number of hydrogen-bond acceptors (Lipinski definition) is 6. The topological polar surface area (TPSA) is 63.7 Å². The van der Waals surface area contributed by atoms with Crippen molar-refractivity contribution in [3.8, 4) is 11.5 Å². The third-order valence-corrected chi connectivity index (χ3v) is 6.76. The summed E-state index contributed by atoms with van der Waals surface area (Å²) in [6.07, 6.45) is 0.631. The second-order valence-electron chi connectivity index (χ2n) is 8.72. The lowest BCUT2D eigenvalue weighted by Crippen LogP contribution is -2.26. The average molecular weight is 538 g/mol. The van der Waals surface area contributed by atoms with Gasteiger partial charge in [-0.3, -0.25) is 9.69 Å². The first kappa shape index (κ1) is 27.2. The summed E-state index contributed by atoms with van der Waals surface area (Å²) in [5, 5.41) is 5.44. The van der Waals surface area contributed by atoms with E-state index in [-0.39, 0.29) is 17.5 Å². The number of nitrogens with one attached hydrogen (secondary N) is 1. The molecule has 0 bridgehead atoms. The minimum atomic E-state index is -0.291. The number of methoxy groups -OCH3 is 2. The maximum atomic E-state index is 13.4. The van der Waals surface area contributed by atoms with E-state index in [4.69, 9.17) is 9.47 Å². The molecule has 0 saturated heterocycles. The number of amides is 1. The summed E-state index contributed by atoms with van der Waals surface area (Å²) in [7, 11) is 3.17. The first-order valence-electron chi connectivity index (χ1n) is 12.1. The molecule has 3 aromatic carbocycles. The Morgan fingerprint density at radius 2 is 1.42 bits per heavy atom. The van der Waals surface area contributed by atoms with Crippen LogP contribution in [0.3, 0.4) is 0 Å². The Bertz CT molecular complexity index is 1300. The molecule has 0 spiro atoms. The Balaban J connectivity index is 1.37. The van der Waals surface area contributed by atoms with E-state index in [0.29, 0.717) is 49.8 Å². The van der Waals surface area contributed by atoms with Crippen LogP contribution in [0.25, 0.3) is 0 Å². The van der Waals surface area contributed by atoms with E-state index in [1.54, 1.807) is 43.9 Å². The highest BCUT2D eigenvalue weighted by atomic mass is 32.1. The summed E-state index contributed by atoms with van der Waals surface area (Å²) in [4.78, 5) is 19.4. The zero-order chi connectivity index (χ0) is 26.9. The van der Waals surface area contributed by atoms with Gasteiger partial charge in [0.1, 0.15) is 22.3 Å².